The molecular weight excluding hydrogens is 344 g/mol. The van der Waals surface area contributed by atoms with E-state index in [0.29, 0.717) is 49.6 Å². The van der Waals surface area contributed by atoms with Gasteiger partial charge in [-0.05, 0) is 44.7 Å². The van der Waals surface area contributed by atoms with Crippen molar-refractivity contribution in [3.8, 4) is 11.4 Å². The van der Waals surface area contributed by atoms with E-state index < -0.39 is 11.7 Å². The van der Waals surface area contributed by atoms with E-state index in [1.807, 2.05) is 24.0 Å². The maximum atomic E-state index is 13.0. The van der Waals surface area contributed by atoms with Crippen LogP contribution in [-0.4, -0.2) is 62.3 Å². The number of aryl methyl sites for hydroxylation is 1. The van der Waals surface area contributed by atoms with E-state index in [-0.39, 0.29) is 5.91 Å². The molecule has 7 heteroatoms. The summed E-state index contributed by atoms with van der Waals surface area (Å²) in [6.45, 7) is 3.65. The van der Waals surface area contributed by atoms with Crippen LogP contribution in [0.1, 0.15) is 41.7 Å². The molecular formula is C20H24N4O3. The van der Waals surface area contributed by atoms with Crippen molar-refractivity contribution in [1.29, 1.82) is 0 Å². The lowest BCUT2D eigenvalue weighted by atomic mass is 9.82. The highest BCUT2D eigenvalue weighted by Gasteiger charge is 2.44. The summed E-state index contributed by atoms with van der Waals surface area (Å²) in [4.78, 5) is 27.7. The van der Waals surface area contributed by atoms with Gasteiger partial charge >= 0.3 is 0 Å². The molecule has 142 valence electrons. The van der Waals surface area contributed by atoms with E-state index in [1.165, 1.54) is 0 Å². The molecule has 0 aliphatic carbocycles. The Labute approximate surface area is 158 Å². The van der Waals surface area contributed by atoms with Crippen LogP contribution in [0.15, 0.2) is 30.7 Å². The molecule has 4 heterocycles. The number of carbonyl (C=O) groups excluding carboxylic acids is 1. The predicted molar refractivity (Wildman–Crippen MR) is 99.1 cm³/mol. The number of aliphatic hydroxyl groups excluding tert-OH is 1. The lowest BCUT2D eigenvalue weighted by Crippen LogP contribution is -2.56. The summed E-state index contributed by atoms with van der Waals surface area (Å²) in [7, 11) is 0. The van der Waals surface area contributed by atoms with Crippen LogP contribution in [0.3, 0.4) is 0 Å². The summed E-state index contributed by atoms with van der Waals surface area (Å²) in [5.74, 6) is 0.499. The zero-order valence-corrected chi connectivity index (χ0v) is 15.5. The van der Waals surface area contributed by atoms with Gasteiger partial charge < -0.3 is 14.7 Å². The Hall–Kier alpha value is -2.38. The Bertz CT molecular complexity index is 819. The monoisotopic (exact) mass is 368 g/mol. The third kappa shape index (κ3) is 3.44. The summed E-state index contributed by atoms with van der Waals surface area (Å²) in [6, 6.07) is 3.72. The highest BCUT2D eigenvalue weighted by molar-refractivity contribution is 5.95. The number of hydrogen-bond acceptors (Lipinski definition) is 6. The van der Waals surface area contributed by atoms with E-state index in [0.717, 1.165) is 18.4 Å². The number of carbonyl (C=O) groups is 1. The normalized spacial score (nSPS) is 22.0. The first-order valence-electron chi connectivity index (χ1n) is 9.44. The van der Waals surface area contributed by atoms with Gasteiger partial charge in [-0.1, -0.05) is 0 Å². The minimum absolute atomic E-state index is 0.0645. The Morgan fingerprint density at radius 1 is 1.33 bits per heavy atom. The number of amides is 1. The largest absolute Gasteiger partial charge is 0.390 e. The molecule has 2 saturated heterocycles. The van der Waals surface area contributed by atoms with Gasteiger partial charge in [-0.3, -0.25) is 9.78 Å². The van der Waals surface area contributed by atoms with Crippen molar-refractivity contribution in [2.45, 2.75) is 44.3 Å². The van der Waals surface area contributed by atoms with Crippen LogP contribution in [0.5, 0.6) is 0 Å². The molecule has 4 rings (SSSR count). The zero-order chi connectivity index (χ0) is 18.9. The van der Waals surface area contributed by atoms with Crippen LogP contribution in [0.4, 0.5) is 0 Å². The second kappa shape index (κ2) is 7.32. The quantitative estimate of drug-likeness (QED) is 0.872. The van der Waals surface area contributed by atoms with E-state index in [2.05, 4.69) is 15.0 Å². The molecule has 2 aliphatic heterocycles. The van der Waals surface area contributed by atoms with Crippen molar-refractivity contribution in [3.05, 3.63) is 42.0 Å². The van der Waals surface area contributed by atoms with Gasteiger partial charge in [0, 0.05) is 43.9 Å². The van der Waals surface area contributed by atoms with Crippen molar-refractivity contribution in [1.82, 2.24) is 19.9 Å². The van der Waals surface area contributed by atoms with Crippen LogP contribution >= 0.6 is 0 Å². The third-order valence-corrected chi connectivity index (χ3v) is 5.65. The fraction of sp³-hybridized carbons (Fsp3) is 0.500. The summed E-state index contributed by atoms with van der Waals surface area (Å²) >= 11 is 0. The van der Waals surface area contributed by atoms with Crippen molar-refractivity contribution < 1.29 is 14.6 Å². The minimum Gasteiger partial charge on any atom is -0.390 e. The first-order valence-corrected chi connectivity index (χ1v) is 9.44. The SMILES string of the molecule is Cc1nc(-c2cccnc2)ncc1C(=O)N1CCC2(CC1)OCCC[C@H]2O. The average molecular weight is 368 g/mol. The van der Waals surface area contributed by atoms with Gasteiger partial charge in [-0.25, -0.2) is 9.97 Å². The Morgan fingerprint density at radius 2 is 2.15 bits per heavy atom. The number of rotatable bonds is 2. The Balaban J connectivity index is 1.47. The van der Waals surface area contributed by atoms with Crippen molar-refractivity contribution >= 4 is 5.91 Å². The maximum absolute atomic E-state index is 13.0. The molecule has 2 fully saturated rings. The van der Waals surface area contributed by atoms with Crippen molar-refractivity contribution in [2.24, 2.45) is 0 Å². The van der Waals surface area contributed by atoms with Crippen LogP contribution < -0.4 is 0 Å². The number of pyridine rings is 1. The zero-order valence-electron chi connectivity index (χ0n) is 15.5. The molecule has 0 saturated carbocycles. The number of hydrogen-bond donors (Lipinski definition) is 1. The second-order valence-electron chi connectivity index (χ2n) is 7.30. The fourth-order valence-corrected chi connectivity index (χ4v) is 3.96. The maximum Gasteiger partial charge on any atom is 0.257 e. The van der Waals surface area contributed by atoms with E-state index >= 15 is 0 Å². The number of nitrogens with zero attached hydrogens (tertiary/aromatic N) is 4. The van der Waals surface area contributed by atoms with E-state index in [9.17, 15) is 9.90 Å². The second-order valence-corrected chi connectivity index (χ2v) is 7.30. The summed E-state index contributed by atoms with van der Waals surface area (Å²) < 4.78 is 5.92. The third-order valence-electron chi connectivity index (χ3n) is 5.65. The summed E-state index contributed by atoms with van der Waals surface area (Å²) in [6.07, 6.45) is 7.56. The molecule has 2 aromatic heterocycles. The summed E-state index contributed by atoms with van der Waals surface area (Å²) in [5.41, 5.74) is 1.51. The molecule has 27 heavy (non-hydrogen) atoms. The molecule has 1 N–H and O–H groups in total. The Kier molecular flexibility index (Phi) is 4.88. The lowest BCUT2D eigenvalue weighted by molar-refractivity contribution is -0.174. The molecule has 1 amide bonds. The van der Waals surface area contributed by atoms with Gasteiger partial charge in [0.1, 0.15) is 0 Å². The summed E-state index contributed by atoms with van der Waals surface area (Å²) in [5, 5.41) is 10.4. The molecule has 1 spiro atoms. The number of aliphatic hydroxyl groups is 1. The van der Waals surface area contributed by atoms with Gasteiger partial charge in [0.05, 0.1) is 23.0 Å². The van der Waals surface area contributed by atoms with E-state index in [4.69, 9.17) is 4.74 Å². The molecule has 0 unspecified atom stereocenters. The van der Waals surface area contributed by atoms with Crippen molar-refractivity contribution in [3.63, 3.8) is 0 Å². The first-order chi connectivity index (χ1) is 13.1. The minimum atomic E-state index is -0.481. The number of piperidine rings is 1. The standard InChI is InChI=1S/C20H24N4O3/c1-14-16(13-22-18(23-14)15-4-2-8-21-12-15)19(26)24-9-6-20(7-10-24)17(25)5-3-11-27-20/h2,4,8,12-13,17,25H,3,5-7,9-11H2,1H3/t17-/m1/s1. The first kappa shape index (κ1) is 18.0. The van der Waals surface area contributed by atoms with Gasteiger partial charge in [0.2, 0.25) is 0 Å². The molecule has 0 bridgehead atoms. The van der Waals surface area contributed by atoms with Gasteiger partial charge in [-0.2, -0.15) is 0 Å². The molecule has 1 atom stereocenters. The highest BCUT2D eigenvalue weighted by atomic mass is 16.5. The van der Waals surface area contributed by atoms with Crippen LogP contribution in [0.2, 0.25) is 0 Å². The van der Waals surface area contributed by atoms with Crippen LogP contribution in [0, 0.1) is 6.92 Å². The fourth-order valence-electron chi connectivity index (χ4n) is 3.96. The number of likely N-dealkylation sites (tertiary alicyclic amines) is 1. The highest BCUT2D eigenvalue weighted by Crippen LogP contribution is 2.35. The van der Waals surface area contributed by atoms with Crippen LogP contribution in [0.25, 0.3) is 11.4 Å². The van der Waals surface area contributed by atoms with E-state index in [1.54, 1.807) is 18.6 Å². The van der Waals surface area contributed by atoms with Gasteiger partial charge in [0.15, 0.2) is 5.82 Å². The van der Waals surface area contributed by atoms with Gasteiger partial charge in [-0.15, -0.1) is 0 Å². The lowest BCUT2D eigenvalue weighted by Gasteiger charge is -2.46. The molecule has 2 aromatic rings. The number of ether oxygens (including phenoxy) is 1. The molecule has 7 nitrogen and oxygen atoms in total. The molecule has 0 aromatic carbocycles. The topological polar surface area (TPSA) is 88.4 Å². The average Bonchev–Trinajstić information content (AvgIpc) is 2.71. The molecule has 2 aliphatic rings. The number of aromatic nitrogens is 3. The predicted octanol–water partition coefficient (Wildman–Crippen LogP) is 1.99. The van der Waals surface area contributed by atoms with Crippen molar-refractivity contribution in [2.75, 3.05) is 19.7 Å². The van der Waals surface area contributed by atoms with Gasteiger partial charge in [0.25, 0.3) is 5.91 Å². The Morgan fingerprint density at radius 3 is 2.81 bits per heavy atom. The molecule has 0 radical (unpaired) electrons. The smallest absolute Gasteiger partial charge is 0.257 e. The van der Waals surface area contributed by atoms with Crippen LogP contribution in [-0.2, 0) is 4.74 Å².